The van der Waals surface area contributed by atoms with Gasteiger partial charge in [-0.15, -0.1) is 0 Å². The Morgan fingerprint density at radius 2 is 1.75 bits per heavy atom. The van der Waals surface area contributed by atoms with Gasteiger partial charge in [-0.05, 0) is 6.92 Å². The van der Waals surface area contributed by atoms with Crippen molar-refractivity contribution < 1.29 is 14.6 Å². The summed E-state index contributed by atoms with van der Waals surface area (Å²) in [4.78, 5) is 0. The number of methoxy groups -OCH3 is 1. The molecule has 3 nitrogen and oxygen atoms in total. The van der Waals surface area contributed by atoms with Crippen LogP contribution in [0.15, 0.2) is 0 Å². The molecule has 0 aromatic rings. The van der Waals surface area contributed by atoms with Crippen LogP contribution in [0, 0.1) is 11.8 Å². The van der Waals surface area contributed by atoms with E-state index in [1.165, 1.54) is 0 Å². The molecule has 3 heteroatoms. The summed E-state index contributed by atoms with van der Waals surface area (Å²) in [6, 6.07) is 0. The van der Waals surface area contributed by atoms with Gasteiger partial charge in [0.05, 0.1) is 12.2 Å². The van der Waals surface area contributed by atoms with E-state index >= 15 is 0 Å². The average molecular weight is 174 g/mol. The van der Waals surface area contributed by atoms with Crippen molar-refractivity contribution in [1.29, 1.82) is 0 Å². The van der Waals surface area contributed by atoms with Crippen LogP contribution in [0.1, 0.15) is 20.8 Å². The maximum atomic E-state index is 9.76. The van der Waals surface area contributed by atoms with Crippen molar-refractivity contribution in [3.63, 3.8) is 0 Å². The highest BCUT2D eigenvalue weighted by Crippen LogP contribution is 2.29. The lowest BCUT2D eigenvalue weighted by atomic mass is 9.86. The van der Waals surface area contributed by atoms with Crippen LogP contribution in [0.4, 0.5) is 0 Å². The highest BCUT2D eigenvalue weighted by Gasteiger charge is 2.38. The van der Waals surface area contributed by atoms with Crippen LogP contribution in [-0.4, -0.2) is 30.7 Å². The second-order valence-corrected chi connectivity index (χ2v) is 3.65. The van der Waals surface area contributed by atoms with Crippen molar-refractivity contribution in [2.45, 2.75) is 39.3 Å². The zero-order valence-electron chi connectivity index (χ0n) is 8.15. The lowest BCUT2D eigenvalue weighted by Crippen LogP contribution is -2.48. The molecule has 0 aromatic carbocycles. The molecule has 1 heterocycles. The Morgan fingerprint density at radius 1 is 1.17 bits per heavy atom. The Hall–Kier alpha value is -0.120. The van der Waals surface area contributed by atoms with Crippen LogP contribution in [-0.2, 0) is 9.47 Å². The van der Waals surface area contributed by atoms with Gasteiger partial charge in [-0.1, -0.05) is 13.8 Å². The monoisotopic (exact) mass is 174 g/mol. The quantitative estimate of drug-likeness (QED) is 0.644. The average Bonchev–Trinajstić information content (AvgIpc) is 2.08. The van der Waals surface area contributed by atoms with Crippen molar-refractivity contribution in [1.82, 2.24) is 0 Å². The Kier molecular flexibility index (Phi) is 3.09. The maximum absolute atomic E-state index is 9.76. The van der Waals surface area contributed by atoms with Crippen LogP contribution in [0.3, 0.4) is 0 Å². The molecule has 1 aliphatic heterocycles. The smallest absolute Gasteiger partial charge is 0.162 e. The summed E-state index contributed by atoms with van der Waals surface area (Å²) in [5.74, 6) is 0.243. The minimum Gasteiger partial charge on any atom is -0.392 e. The van der Waals surface area contributed by atoms with Gasteiger partial charge in [0, 0.05) is 18.9 Å². The van der Waals surface area contributed by atoms with E-state index in [-0.39, 0.29) is 30.3 Å². The van der Waals surface area contributed by atoms with E-state index in [9.17, 15) is 5.11 Å². The van der Waals surface area contributed by atoms with E-state index < -0.39 is 0 Å². The Morgan fingerprint density at radius 3 is 2.25 bits per heavy atom. The molecule has 0 radical (unpaired) electrons. The Labute approximate surface area is 73.7 Å². The maximum Gasteiger partial charge on any atom is 0.162 e. The number of aliphatic hydroxyl groups excluding tert-OH is 1. The standard InChI is InChI=1S/C9H18O3/c1-5-7(3)12-9(11-4)6(2)8(5)10/h5-10H,1-4H3. The first kappa shape index (κ1) is 9.96. The molecule has 0 amide bonds. The SMILES string of the molecule is COC1OC(C)C(C)C(O)C1C. The van der Waals surface area contributed by atoms with Gasteiger partial charge in [-0.2, -0.15) is 0 Å². The van der Waals surface area contributed by atoms with E-state index in [4.69, 9.17) is 9.47 Å². The van der Waals surface area contributed by atoms with Gasteiger partial charge >= 0.3 is 0 Å². The molecular weight excluding hydrogens is 156 g/mol. The van der Waals surface area contributed by atoms with Crippen LogP contribution in [0.2, 0.25) is 0 Å². The highest BCUT2D eigenvalue weighted by molar-refractivity contribution is 4.82. The topological polar surface area (TPSA) is 38.7 Å². The van der Waals surface area contributed by atoms with Gasteiger partial charge in [-0.3, -0.25) is 0 Å². The Bertz CT molecular complexity index is 144. The molecule has 1 fully saturated rings. The third-order valence-corrected chi connectivity index (χ3v) is 2.83. The van der Waals surface area contributed by atoms with Crippen molar-refractivity contribution in [2.24, 2.45) is 11.8 Å². The van der Waals surface area contributed by atoms with Gasteiger partial charge in [0.2, 0.25) is 0 Å². The lowest BCUT2D eigenvalue weighted by Gasteiger charge is -2.40. The summed E-state index contributed by atoms with van der Waals surface area (Å²) in [5.41, 5.74) is 0. The van der Waals surface area contributed by atoms with Crippen molar-refractivity contribution >= 4 is 0 Å². The third-order valence-electron chi connectivity index (χ3n) is 2.83. The van der Waals surface area contributed by atoms with Crippen LogP contribution in [0.25, 0.3) is 0 Å². The third kappa shape index (κ3) is 1.63. The molecule has 0 aliphatic carbocycles. The summed E-state index contributed by atoms with van der Waals surface area (Å²) in [6.07, 6.45) is -0.508. The summed E-state index contributed by atoms with van der Waals surface area (Å²) in [6.45, 7) is 5.91. The summed E-state index contributed by atoms with van der Waals surface area (Å²) in [5, 5.41) is 9.76. The summed E-state index contributed by atoms with van der Waals surface area (Å²) >= 11 is 0. The van der Waals surface area contributed by atoms with Crippen LogP contribution < -0.4 is 0 Å². The molecule has 1 saturated heterocycles. The van der Waals surface area contributed by atoms with Gasteiger partial charge in [0.15, 0.2) is 6.29 Å². The van der Waals surface area contributed by atoms with E-state index in [0.29, 0.717) is 0 Å². The van der Waals surface area contributed by atoms with E-state index in [0.717, 1.165) is 0 Å². The molecule has 1 N–H and O–H groups in total. The van der Waals surface area contributed by atoms with Gasteiger partial charge in [0.25, 0.3) is 0 Å². The molecule has 0 saturated carbocycles. The molecule has 0 bridgehead atoms. The predicted molar refractivity (Wildman–Crippen MR) is 45.7 cm³/mol. The molecule has 72 valence electrons. The number of ether oxygens (including phenoxy) is 2. The van der Waals surface area contributed by atoms with Crippen molar-refractivity contribution in [2.75, 3.05) is 7.11 Å². The molecular formula is C9H18O3. The lowest BCUT2D eigenvalue weighted by molar-refractivity contribution is -0.248. The number of hydrogen-bond acceptors (Lipinski definition) is 3. The number of rotatable bonds is 1. The fourth-order valence-corrected chi connectivity index (χ4v) is 1.65. The fraction of sp³-hybridized carbons (Fsp3) is 1.00. The van der Waals surface area contributed by atoms with E-state index in [1.807, 2.05) is 20.8 Å². The van der Waals surface area contributed by atoms with Crippen molar-refractivity contribution in [3.05, 3.63) is 0 Å². The molecule has 1 rings (SSSR count). The molecule has 0 aromatic heterocycles. The van der Waals surface area contributed by atoms with Crippen LogP contribution >= 0.6 is 0 Å². The van der Waals surface area contributed by atoms with Gasteiger partial charge in [0.1, 0.15) is 0 Å². The largest absolute Gasteiger partial charge is 0.392 e. The number of hydrogen-bond donors (Lipinski definition) is 1. The first-order valence-corrected chi connectivity index (χ1v) is 4.44. The molecule has 0 spiro atoms. The normalized spacial score (nSPS) is 49.2. The van der Waals surface area contributed by atoms with E-state index in [1.54, 1.807) is 7.11 Å². The summed E-state index contributed by atoms with van der Waals surface area (Å²) in [7, 11) is 1.61. The van der Waals surface area contributed by atoms with Crippen molar-refractivity contribution in [3.8, 4) is 0 Å². The molecule has 12 heavy (non-hydrogen) atoms. The fourth-order valence-electron chi connectivity index (χ4n) is 1.65. The van der Waals surface area contributed by atoms with Gasteiger partial charge in [-0.25, -0.2) is 0 Å². The molecule has 1 aliphatic rings. The first-order valence-electron chi connectivity index (χ1n) is 4.44. The summed E-state index contributed by atoms with van der Waals surface area (Å²) < 4.78 is 10.7. The van der Waals surface area contributed by atoms with Crippen LogP contribution in [0.5, 0.6) is 0 Å². The molecule has 5 unspecified atom stereocenters. The van der Waals surface area contributed by atoms with E-state index in [2.05, 4.69) is 0 Å². The highest BCUT2D eigenvalue weighted by atomic mass is 16.7. The Balaban J connectivity index is 2.63. The minimum absolute atomic E-state index is 0.0567. The second-order valence-electron chi connectivity index (χ2n) is 3.65. The second kappa shape index (κ2) is 3.73. The zero-order valence-corrected chi connectivity index (χ0v) is 8.15. The predicted octanol–water partition coefficient (Wildman–Crippen LogP) is 1.01. The van der Waals surface area contributed by atoms with Gasteiger partial charge < -0.3 is 14.6 Å². The molecule has 5 atom stereocenters. The minimum atomic E-state index is -0.321. The first-order chi connectivity index (χ1) is 5.57. The number of aliphatic hydroxyl groups is 1. The zero-order chi connectivity index (χ0) is 9.30.